The Bertz CT molecular complexity index is 528. The molecule has 0 unspecified atom stereocenters. The van der Waals surface area contributed by atoms with Gasteiger partial charge in [0.2, 0.25) is 0 Å². The molecular formula is C12H14N4O2. The van der Waals surface area contributed by atoms with Gasteiger partial charge in [0.05, 0.1) is 12.3 Å². The van der Waals surface area contributed by atoms with Crippen molar-refractivity contribution in [2.45, 2.75) is 6.61 Å². The zero-order valence-electron chi connectivity index (χ0n) is 9.92. The third-order valence-corrected chi connectivity index (χ3v) is 2.34. The molecule has 0 fully saturated rings. The number of nitrogens with one attached hydrogen (secondary N) is 1. The van der Waals surface area contributed by atoms with Crippen molar-refractivity contribution in [2.24, 2.45) is 5.84 Å². The smallest absolute Gasteiger partial charge is 0.161 e. The lowest BCUT2D eigenvalue weighted by Gasteiger charge is -2.07. The first kappa shape index (κ1) is 12.3. The molecule has 1 aromatic carbocycles. The number of nitrogens with zero attached hydrogens (tertiary/aromatic N) is 2. The van der Waals surface area contributed by atoms with Gasteiger partial charge >= 0.3 is 0 Å². The van der Waals surface area contributed by atoms with Crippen LogP contribution in [-0.4, -0.2) is 22.2 Å². The molecule has 0 spiro atoms. The van der Waals surface area contributed by atoms with Gasteiger partial charge in [-0.15, -0.1) is 0 Å². The highest BCUT2D eigenvalue weighted by atomic mass is 16.5. The standard InChI is InChI=1S/C12H14N4O2/c1-18-7-9-6-11(16-13)15-12(14-9)8-2-4-10(17)5-3-8/h2-6,17H,7,13H2,1H3,(H,14,15,16). The highest BCUT2D eigenvalue weighted by Gasteiger charge is 2.06. The number of nitrogens with two attached hydrogens (primary N) is 1. The van der Waals surface area contributed by atoms with Gasteiger partial charge in [0.15, 0.2) is 5.82 Å². The average Bonchev–Trinajstić information content (AvgIpc) is 2.39. The van der Waals surface area contributed by atoms with Crippen molar-refractivity contribution < 1.29 is 9.84 Å². The summed E-state index contributed by atoms with van der Waals surface area (Å²) >= 11 is 0. The minimum Gasteiger partial charge on any atom is -0.508 e. The number of hydrogen-bond donors (Lipinski definition) is 3. The van der Waals surface area contributed by atoms with E-state index in [0.717, 1.165) is 11.3 Å². The average molecular weight is 246 g/mol. The van der Waals surface area contributed by atoms with Crippen molar-refractivity contribution in [1.82, 2.24) is 9.97 Å². The number of rotatable bonds is 4. The van der Waals surface area contributed by atoms with Gasteiger partial charge in [-0.2, -0.15) is 0 Å². The summed E-state index contributed by atoms with van der Waals surface area (Å²) in [4.78, 5) is 8.61. The Labute approximate surface area is 104 Å². The Morgan fingerprint density at radius 3 is 2.61 bits per heavy atom. The summed E-state index contributed by atoms with van der Waals surface area (Å²) in [5, 5.41) is 9.25. The fourth-order valence-electron chi connectivity index (χ4n) is 1.53. The molecule has 1 aromatic heterocycles. The first-order chi connectivity index (χ1) is 8.72. The van der Waals surface area contributed by atoms with Gasteiger partial charge in [-0.1, -0.05) is 0 Å². The number of nitrogen functional groups attached to an aromatic ring is 1. The van der Waals surface area contributed by atoms with E-state index in [2.05, 4.69) is 15.4 Å². The van der Waals surface area contributed by atoms with Gasteiger partial charge in [0.25, 0.3) is 0 Å². The number of ether oxygens (including phenoxy) is 1. The fourth-order valence-corrected chi connectivity index (χ4v) is 1.53. The quantitative estimate of drug-likeness (QED) is 0.556. The molecule has 0 saturated heterocycles. The number of aromatic nitrogens is 2. The molecule has 6 nitrogen and oxygen atoms in total. The largest absolute Gasteiger partial charge is 0.508 e. The van der Waals surface area contributed by atoms with Crippen LogP contribution in [0.4, 0.5) is 5.82 Å². The molecule has 2 rings (SSSR count). The lowest BCUT2D eigenvalue weighted by molar-refractivity contribution is 0.181. The lowest BCUT2D eigenvalue weighted by atomic mass is 10.2. The second-order valence-corrected chi connectivity index (χ2v) is 3.69. The van der Waals surface area contributed by atoms with Crippen LogP contribution in [0.5, 0.6) is 5.75 Å². The molecule has 0 aliphatic rings. The second kappa shape index (κ2) is 5.44. The predicted octanol–water partition coefficient (Wildman–Crippen LogP) is 1.28. The minimum atomic E-state index is 0.198. The summed E-state index contributed by atoms with van der Waals surface area (Å²) in [7, 11) is 1.60. The van der Waals surface area contributed by atoms with E-state index in [4.69, 9.17) is 10.6 Å². The molecular weight excluding hydrogens is 232 g/mol. The monoisotopic (exact) mass is 246 g/mol. The zero-order valence-corrected chi connectivity index (χ0v) is 9.92. The molecule has 0 radical (unpaired) electrons. The van der Waals surface area contributed by atoms with Crippen molar-refractivity contribution in [3.05, 3.63) is 36.0 Å². The summed E-state index contributed by atoms with van der Waals surface area (Å²) in [5.74, 6) is 6.60. The fraction of sp³-hybridized carbons (Fsp3) is 0.167. The van der Waals surface area contributed by atoms with Gasteiger partial charge in [-0.05, 0) is 24.3 Å². The molecule has 0 saturated carbocycles. The molecule has 0 bridgehead atoms. The predicted molar refractivity (Wildman–Crippen MR) is 67.7 cm³/mol. The SMILES string of the molecule is COCc1cc(NN)nc(-c2ccc(O)cc2)n1. The van der Waals surface area contributed by atoms with Crippen molar-refractivity contribution in [1.29, 1.82) is 0 Å². The molecule has 0 aliphatic carbocycles. The number of aromatic hydroxyl groups is 1. The van der Waals surface area contributed by atoms with Crippen LogP contribution in [0, 0.1) is 0 Å². The number of anilines is 1. The third kappa shape index (κ3) is 2.73. The Morgan fingerprint density at radius 2 is 2.00 bits per heavy atom. The maximum Gasteiger partial charge on any atom is 0.161 e. The molecule has 1 heterocycles. The minimum absolute atomic E-state index is 0.198. The van der Waals surface area contributed by atoms with Gasteiger partial charge in [-0.3, -0.25) is 0 Å². The van der Waals surface area contributed by atoms with E-state index >= 15 is 0 Å². The molecule has 0 aliphatic heterocycles. The summed E-state index contributed by atoms with van der Waals surface area (Å²) in [5.41, 5.74) is 4.01. The number of hydrogen-bond acceptors (Lipinski definition) is 6. The Balaban J connectivity index is 2.42. The van der Waals surface area contributed by atoms with Crippen LogP contribution in [0.2, 0.25) is 0 Å². The third-order valence-electron chi connectivity index (χ3n) is 2.34. The molecule has 18 heavy (non-hydrogen) atoms. The highest BCUT2D eigenvalue weighted by molar-refractivity contribution is 5.58. The Morgan fingerprint density at radius 1 is 1.28 bits per heavy atom. The van der Waals surface area contributed by atoms with Crippen LogP contribution in [0.1, 0.15) is 5.69 Å². The van der Waals surface area contributed by atoms with Crippen molar-refractivity contribution >= 4 is 5.82 Å². The number of benzene rings is 1. The second-order valence-electron chi connectivity index (χ2n) is 3.69. The van der Waals surface area contributed by atoms with Gasteiger partial charge < -0.3 is 15.3 Å². The van der Waals surface area contributed by atoms with E-state index < -0.39 is 0 Å². The Kier molecular flexibility index (Phi) is 3.71. The number of hydrazine groups is 1. The number of phenols is 1. The van der Waals surface area contributed by atoms with E-state index in [-0.39, 0.29) is 5.75 Å². The van der Waals surface area contributed by atoms with E-state index in [9.17, 15) is 5.11 Å². The maximum atomic E-state index is 9.25. The highest BCUT2D eigenvalue weighted by Crippen LogP contribution is 2.20. The topological polar surface area (TPSA) is 93.3 Å². The van der Waals surface area contributed by atoms with E-state index in [1.165, 1.54) is 0 Å². The molecule has 2 aromatic rings. The van der Waals surface area contributed by atoms with Crippen molar-refractivity contribution in [3.8, 4) is 17.1 Å². The van der Waals surface area contributed by atoms with Gasteiger partial charge in [-0.25, -0.2) is 15.8 Å². The number of methoxy groups -OCH3 is 1. The zero-order chi connectivity index (χ0) is 13.0. The molecule has 94 valence electrons. The molecule has 0 atom stereocenters. The Hall–Kier alpha value is -2.18. The molecule has 4 N–H and O–H groups in total. The van der Waals surface area contributed by atoms with Gasteiger partial charge in [0, 0.05) is 18.7 Å². The summed E-state index contributed by atoms with van der Waals surface area (Å²) < 4.78 is 5.04. The van der Waals surface area contributed by atoms with Crippen LogP contribution in [0.25, 0.3) is 11.4 Å². The van der Waals surface area contributed by atoms with Crippen LogP contribution < -0.4 is 11.3 Å². The first-order valence-corrected chi connectivity index (χ1v) is 5.36. The summed E-state index contributed by atoms with van der Waals surface area (Å²) in [6.45, 7) is 0.377. The van der Waals surface area contributed by atoms with Crippen molar-refractivity contribution in [2.75, 3.05) is 12.5 Å². The van der Waals surface area contributed by atoms with E-state index in [1.807, 2.05) is 0 Å². The van der Waals surface area contributed by atoms with Crippen LogP contribution in [-0.2, 0) is 11.3 Å². The summed E-state index contributed by atoms with van der Waals surface area (Å²) in [6, 6.07) is 8.35. The van der Waals surface area contributed by atoms with Gasteiger partial charge in [0.1, 0.15) is 11.6 Å². The van der Waals surface area contributed by atoms with Crippen LogP contribution >= 0.6 is 0 Å². The lowest BCUT2D eigenvalue weighted by Crippen LogP contribution is -2.10. The van der Waals surface area contributed by atoms with Crippen molar-refractivity contribution in [3.63, 3.8) is 0 Å². The van der Waals surface area contributed by atoms with Crippen LogP contribution in [0.3, 0.4) is 0 Å². The van der Waals surface area contributed by atoms with E-state index in [1.54, 1.807) is 37.4 Å². The molecule has 6 heteroatoms. The first-order valence-electron chi connectivity index (χ1n) is 5.36. The molecule has 0 amide bonds. The maximum absolute atomic E-state index is 9.25. The summed E-state index contributed by atoms with van der Waals surface area (Å²) in [6.07, 6.45) is 0. The van der Waals surface area contributed by atoms with Crippen LogP contribution in [0.15, 0.2) is 30.3 Å². The van der Waals surface area contributed by atoms with E-state index in [0.29, 0.717) is 18.2 Å². The number of phenolic OH excluding ortho intramolecular Hbond substituents is 1. The normalized spacial score (nSPS) is 10.3.